The second kappa shape index (κ2) is 7.83. The molecule has 1 aromatic rings. The lowest BCUT2D eigenvalue weighted by Crippen LogP contribution is -2.59. The van der Waals surface area contributed by atoms with E-state index >= 15 is 0 Å². The number of nitrogens with one attached hydrogen (secondary N) is 1. The average Bonchev–Trinajstić information content (AvgIpc) is 2.49. The monoisotopic (exact) mass is 345 g/mol. The van der Waals surface area contributed by atoms with Gasteiger partial charge >= 0.3 is 11.9 Å². The fraction of sp³-hybridized carbons (Fsp3) is 0.500. The first kappa shape index (κ1) is 19.2. The van der Waals surface area contributed by atoms with E-state index in [1.54, 1.807) is 0 Å². The fourth-order valence-corrected chi connectivity index (χ4v) is 3.43. The van der Waals surface area contributed by atoms with E-state index in [1.165, 1.54) is 0 Å². The molecular formula is C20H27NO4. The first-order valence-corrected chi connectivity index (χ1v) is 8.54. The summed E-state index contributed by atoms with van der Waals surface area (Å²) in [6.45, 7) is 8.53. The lowest BCUT2D eigenvalue weighted by Gasteiger charge is -2.45. The van der Waals surface area contributed by atoms with E-state index in [2.05, 4.69) is 33.0 Å². The summed E-state index contributed by atoms with van der Waals surface area (Å²) >= 11 is 0. The SMILES string of the molecule is CC1(C)CC(OC(=O)/C=C\C(=O)OCc2ccccc2)CC(C)(C)N1. The zero-order chi connectivity index (χ0) is 18.5. The predicted molar refractivity (Wildman–Crippen MR) is 95.8 cm³/mol. The van der Waals surface area contributed by atoms with Crippen molar-refractivity contribution in [2.45, 2.75) is 64.3 Å². The van der Waals surface area contributed by atoms with Crippen LogP contribution >= 0.6 is 0 Å². The molecule has 1 aliphatic heterocycles. The molecular weight excluding hydrogens is 318 g/mol. The van der Waals surface area contributed by atoms with Crippen molar-refractivity contribution in [1.29, 1.82) is 0 Å². The summed E-state index contributed by atoms with van der Waals surface area (Å²) in [5.74, 6) is -1.08. The number of ether oxygens (including phenoxy) is 2. The van der Waals surface area contributed by atoms with Gasteiger partial charge in [0, 0.05) is 36.1 Å². The molecule has 1 fully saturated rings. The van der Waals surface area contributed by atoms with Gasteiger partial charge in [0.05, 0.1) is 0 Å². The van der Waals surface area contributed by atoms with Gasteiger partial charge in [-0.25, -0.2) is 9.59 Å². The van der Waals surface area contributed by atoms with Gasteiger partial charge in [-0.15, -0.1) is 0 Å². The molecule has 2 rings (SSSR count). The van der Waals surface area contributed by atoms with E-state index in [9.17, 15) is 9.59 Å². The van der Waals surface area contributed by atoms with Crippen molar-refractivity contribution in [2.24, 2.45) is 0 Å². The van der Waals surface area contributed by atoms with Crippen LogP contribution in [0.5, 0.6) is 0 Å². The Bertz CT molecular complexity index is 618. The van der Waals surface area contributed by atoms with Crippen molar-refractivity contribution in [1.82, 2.24) is 5.32 Å². The van der Waals surface area contributed by atoms with Crippen molar-refractivity contribution >= 4 is 11.9 Å². The van der Waals surface area contributed by atoms with E-state index in [0.717, 1.165) is 30.6 Å². The largest absolute Gasteiger partial charge is 0.459 e. The molecule has 0 amide bonds. The maximum atomic E-state index is 12.0. The molecule has 0 spiro atoms. The third kappa shape index (κ3) is 6.70. The number of carbonyl (C=O) groups is 2. The minimum Gasteiger partial charge on any atom is -0.459 e. The van der Waals surface area contributed by atoms with Crippen LogP contribution in [0.4, 0.5) is 0 Å². The topological polar surface area (TPSA) is 64.6 Å². The van der Waals surface area contributed by atoms with Crippen molar-refractivity contribution in [3.05, 3.63) is 48.0 Å². The molecule has 1 aromatic carbocycles. The number of carbonyl (C=O) groups excluding carboxylic acids is 2. The second-order valence-electron chi connectivity index (χ2n) is 7.79. The Morgan fingerprint density at radius 3 is 2.20 bits per heavy atom. The zero-order valence-electron chi connectivity index (χ0n) is 15.4. The van der Waals surface area contributed by atoms with Gasteiger partial charge in [0.1, 0.15) is 12.7 Å². The highest BCUT2D eigenvalue weighted by Crippen LogP contribution is 2.30. The van der Waals surface area contributed by atoms with Crippen LogP contribution in [0.1, 0.15) is 46.1 Å². The Labute approximate surface area is 149 Å². The van der Waals surface area contributed by atoms with Gasteiger partial charge in [0.25, 0.3) is 0 Å². The molecule has 0 bridgehead atoms. The first-order chi connectivity index (χ1) is 11.7. The molecule has 136 valence electrons. The number of hydrogen-bond acceptors (Lipinski definition) is 5. The van der Waals surface area contributed by atoms with Crippen molar-refractivity contribution in [2.75, 3.05) is 0 Å². The van der Waals surface area contributed by atoms with Crippen LogP contribution in [-0.4, -0.2) is 29.1 Å². The van der Waals surface area contributed by atoms with Gasteiger partial charge in [-0.1, -0.05) is 30.3 Å². The van der Waals surface area contributed by atoms with Crippen LogP contribution in [0.2, 0.25) is 0 Å². The predicted octanol–water partition coefficient (Wildman–Crippen LogP) is 3.14. The van der Waals surface area contributed by atoms with E-state index in [0.29, 0.717) is 0 Å². The highest BCUT2D eigenvalue weighted by atomic mass is 16.5. The maximum Gasteiger partial charge on any atom is 0.331 e. The lowest BCUT2D eigenvalue weighted by atomic mass is 9.81. The van der Waals surface area contributed by atoms with Crippen LogP contribution in [0.25, 0.3) is 0 Å². The van der Waals surface area contributed by atoms with Crippen molar-refractivity contribution in [3.63, 3.8) is 0 Å². The number of benzene rings is 1. The fourth-order valence-electron chi connectivity index (χ4n) is 3.43. The van der Waals surface area contributed by atoms with Crippen LogP contribution in [0.15, 0.2) is 42.5 Å². The molecule has 1 saturated heterocycles. The number of hydrogen-bond donors (Lipinski definition) is 1. The quantitative estimate of drug-likeness (QED) is 0.656. The zero-order valence-corrected chi connectivity index (χ0v) is 15.4. The van der Waals surface area contributed by atoms with Gasteiger partial charge < -0.3 is 14.8 Å². The third-order valence-corrected chi connectivity index (χ3v) is 4.01. The van der Waals surface area contributed by atoms with Gasteiger partial charge in [-0.3, -0.25) is 0 Å². The Kier molecular flexibility index (Phi) is 6.01. The summed E-state index contributed by atoms with van der Waals surface area (Å²) < 4.78 is 10.6. The number of piperidine rings is 1. The van der Waals surface area contributed by atoms with E-state index in [4.69, 9.17) is 9.47 Å². The summed E-state index contributed by atoms with van der Waals surface area (Å²) in [5, 5.41) is 3.53. The smallest absolute Gasteiger partial charge is 0.331 e. The normalized spacial score (nSPS) is 19.5. The molecule has 1 aliphatic rings. The molecule has 1 N–H and O–H groups in total. The Hall–Kier alpha value is -2.14. The first-order valence-electron chi connectivity index (χ1n) is 8.54. The van der Waals surface area contributed by atoms with Crippen LogP contribution in [0.3, 0.4) is 0 Å². The molecule has 5 nitrogen and oxygen atoms in total. The molecule has 0 unspecified atom stereocenters. The van der Waals surface area contributed by atoms with Crippen LogP contribution < -0.4 is 5.32 Å². The summed E-state index contributed by atoms with van der Waals surface area (Å²) in [4.78, 5) is 23.7. The Balaban J connectivity index is 1.80. The molecule has 0 saturated carbocycles. The molecule has 0 radical (unpaired) electrons. The molecule has 1 heterocycles. The molecule has 0 atom stereocenters. The van der Waals surface area contributed by atoms with E-state index in [1.807, 2.05) is 30.3 Å². The molecule has 5 heteroatoms. The van der Waals surface area contributed by atoms with Crippen molar-refractivity contribution in [3.8, 4) is 0 Å². The van der Waals surface area contributed by atoms with E-state index < -0.39 is 11.9 Å². The Morgan fingerprint density at radius 1 is 1.04 bits per heavy atom. The van der Waals surface area contributed by atoms with Gasteiger partial charge in [-0.05, 0) is 33.3 Å². The Morgan fingerprint density at radius 2 is 1.60 bits per heavy atom. The maximum absolute atomic E-state index is 12.0. The molecule has 25 heavy (non-hydrogen) atoms. The minimum atomic E-state index is -0.563. The second-order valence-corrected chi connectivity index (χ2v) is 7.79. The third-order valence-electron chi connectivity index (χ3n) is 4.01. The summed E-state index contributed by atoms with van der Waals surface area (Å²) in [6.07, 6.45) is 3.53. The molecule has 0 aliphatic carbocycles. The summed E-state index contributed by atoms with van der Waals surface area (Å²) in [6, 6.07) is 9.37. The highest BCUT2D eigenvalue weighted by molar-refractivity contribution is 5.91. The van der Waals surface area contributed by atoms with Crippen molar-refractivity contribution < 1.29 is 19.1 Å². The lowest BCUT2D eigenvalue weighted by molar-refractivity contribution is -0.147. The van der Waals surface area contributed by atoms with E-state index in [-0.39, 0.29) is 23.8 Å². The standard InChI is InChI=1S/C20H27NO4/c1-19(2)12-16(13-20(3,4)21-19)25-18(23)11-10-17(22)24-14-15-8-6-5-7-9-15/h5-11,16,21H,12-14H2,1-4H3/b11-10-. The van der Waals surface area contributed by atoms with Gasteiger partial charge in [-0.2, -0.15) is 0 Å². The van der Waals surface area contributed by atoms with Gasteiger partial charge in [0.15, 0.2) is 0 Å². The van der Waals surface area contributed by atoms with Crippen LogP contribution in [-0.2, 0) is 25.7 Å². The minimum absolute atomic E-state index is 0.106. The summed E-state index contributed by atoms with van der Waals surface area (Å²) in [7, 11) is 0. The number of esters is 2. The average molecular weight is 345 g/mol. The number of rotatable bonds is 5. The summed E-state index contributed by atoms with van der Waals surface area (Å²) in [5.41, 5.74) is 0.682. The van der Waals surface area contributed by atoms with Gasteiger partial charge in [0.2, 0.25) is 0 Å². The highest BCUT2D eigenvalue weighted by Gasteiger charge is 2.39. The molecule has 0 aromatic heterocycles. The van der Waals surface area contributed by atoms with Crippen LogP contribution in [0, 0.1) is 0 Å².